The van der Waals surface area contributed by atoms with Gasteiger partial charge in [0.25, 0.3) is 0 Å². The van der Waals surface area contributed by atoms with Gasteiger partial charge >= 0.3 is 5.97 Å². The second kappa shape index (κ2) is 7.29. The van der Waals surface area contributed by atoms with Crippen LogP contribution in [0.3, 0.4) is 0 Å². The van der Waals surface area contributed by atoms with E-state index in [1.165, 1.54) is 13.3 Å². The predicted octanol–water partition coefficient (Wildman–Crippen LogP) is 2.73. The van der Waals surface area contributed by atoms with Crippen molar-refractivity contribution < 1.29 is 14.3 Å². The molecule has 0 radical (unpaired) electrons. The number of nitrogens with zero attached hydrogens (tertiary/aromatic N) is 1. The third-order valence-electron chi connectivity index (χ3n) is 2.15. The molecule has 0 amide bonds. The molecule has 0 aliphatic carbocycles. The lowest BCUT2D eigenvalue weighted by Gasteiger charge is -2.08. The minimum absolute atomic E-state index is 0.135. The van der Waals surface area contributed by atoms with Crippen LogP contribution < -0.4 is 10.1 Å². The SMILES string of the molecule is CCOC(=O)/C(C#N)=C/Nc1cc(Cl)ccc1OC. The molecule has 1 aromatic rings. The third kappa shape index (κ3) is 4.19. The van der Waals surface area contributed by atoms with Crippen LogP contribution in [0.15, 0.2) is 30.0 Å². The minimum atomic E-state index is -0.682. The molecule has 0 aliphatic heterocycles. The molecule has 100 valence electrons. The summed E-state index contributed by atoms with van der Waals surface area (Å²) in [6.07, 6.45) is 1.26. The normalized spacial score (nSPS) is 10.5. The number of methoxy groups -OCH3 is 1. The Bertz CT molecular complexity index is 535. The van der Waals surface area contributed by atoms with E-state index in [1.54, 1.807) is 31.2 Å². The largest absolute Gasteiger partial charge is 0.495 e. The van der Waals surface area contributed by atoms with Gasteiger partial charge in [0.2, 0.25) is 0 Å². The fraction of sp³-hybridized carbons (Fsp3) is 0.231. The molecule has 0 spiro atoms. The summed E-state index contributed by atoms with van der Waals surface area (Å²) < 4.78 is 9.86. The topological polar surface area (TPSA) is 71.4 Å². The lowest BCUT2D eigenvalue weighted by atomic mass is 10.2. The molecule has 0 aromatic heterocycles. The first-order chi connectivity index (χ1) is 9.12. The van der Waals surface area contributed by atoms with Gasteiger partial charge in [0.05, 0.1) is 19.4 Å². The highest BCUT2D eigenvalue weighted by atomic mass is 35.5. The molecule has 1 aromatic carbocycles. The number of carbonyl (C=O) groups is 1. The van der Waals surface area contributed by atoms with Gasteiger partial charge in [-0.05, 0) is 25.1 Å². The van der Waals surface area contributed by atoms with E-state index < -0.39 is 5.97 Å². The van der Waals surface area contributed by atoms with Crippen LogP contribution in [0.25, 0.3) is 0 Å². The molecule has 0 saturated heterocycles. The van der Waals surface area contributed by atoms with Gasteiger partial charge < -0.3 is 14.8 Å². The van der Waals surface area contributed by atoms with Gasteiger partial charge in [-0.15, -0.1) is 0 Å². The second-order valence-electron chi connectivity index (χ2n) is 3.38. The van der Waals surface area contributed by atoms with Crippen molar-refractivity contribution in [2.45, 2.75) is 6.92 Å². The molecule has 0 saturated carbocycles. The standard InChI is InChI=1S/C13H13ClN2O3/c1-3-19-13(17)9(7-15)8-16-11-6-10(14)4-5-12(11)18-2/h4-6,8,16H,3H2,1-2H3/b9-8+. The summed E-state index contributed by atoms with van der Waals surface area (Å²) in [7, 11) is 1.51. The molecular formula is C13H13ClN2O3. The first-order valence-electron chi connectivity index (χ1n) is 5.49. The molecule has 0 aliphatic rings. The Morgan fingerprint density at radius 2 is 2.32 bits per heavy atom. The van der Waals surface area contributed by atoms with Crippen LogP contribution in [0.1, 0.15) is 6.92 Å². The maximum atomic E-state index is 11.4. The number of hydrogen-bond donors (Lipinski definition) is 1. The van der Waals surface area contributed by atoms with E-state index in [0.717, 1.165) is 0 Å². The molecule has 0 bridgehead atoms. The fourth-order valence-corrected chi connectivity index (χ4v) is 1.46. The van der Waals surface area contributed by atoms with Crippen LogP contribution in [-0.4, -0.2) is 19.7 Å². The van der Waals surface area contributed by atoms with Crippen molar-refractivity contribution in [3.63, 3.8) is 0 Å². The van der Waals surface area contributed by atoms with Gasteiger partial charge in [-0.3, -0.25) is 0 Å². The maximum Gasteiger partial charge on any atom is 0.350 e. The van der Waals surface area contributed by atoms with Crippen LogP contribution in [0.4, 0.5) is 5.69 Å². The Balaban J connectivity index is 2.93. The molecule has 0 unspecified atom stereocenters. The number of hydrogen-bond acceptors (Lipinski definition) is 5. The number of esters is 1. The Kier molecular flexibility index (Phi) is 5.71. The second-order valence-corrected chi connectivity index (χ2v) is 3.82. The number of carbonyl (C=O) groups excluding carboxylic acids is 1. The van der Waals surface area contributed by atoms with E-state index in [2.05, 4.69) is 5.32 Å². The van der Waals surface area contributed by atoms with E-state index in [1.807, 2.05) is 0 Å². The number of anilines is 1. The maximum absolute atomic E-state index is 11.4. The Hall–Kier alpha value is -2.19. The van der Waals surface area contributed by atoms with Crippen molar-refractivity contribution in [3.8, 4) is 11.8 Å². The average molecular weight is 281 g/mol. The van der Waals surface area contributed by atoms with Crippen molar-refractivity contribution >= 4 is 23.3 Å². The van der Waals surface area contributed by atoms with Gasteiger partial charge in [-0.2, -0.15) is 5.26 Å². The summed E-state index contributed by atoms with van der Waals surface area (Å²) in [4.78, 5) is 11.4. The quantitative estimate of drug-likeness (QED) is 0.510. The zero-order chi connectivity index (χ0) is 14.3. The van der Waals surface area contributed by atoms with E-state index in [9.17, 15) is 4.79 Å². The number of ether oxygens (including phenoxy) is 2. The summed E-state index contributed by atoms with van der Waals surface area (Å²) in [6, 6.07) is 6.73. The van der Waals surface area contributed by atoms with Gasteiger partial charge in [0.15, 0.2) is 5.57 Å². The molecule has 0 heterocycles. The predicted molar refractivity (Wildman–Crippen MR) is 72.0 cm³/mol. The summed E-state index contributed by atoms with van der Waals surface area (Å²) in [5.41, 5.74) is 0.413. The van der Waals surface area contributed by atoms with Crippen LogP contribution >= 0.6 is 11.6 Å². The van der Waals surface area contributed by atoms with Gasteiger partial charge in [-0.25, -0.2) is 4.79 Å². The summed E-state index contributed by atoms with van der Waals surface area (Å²) in [6.45, 7) is 1.87. The van der Waals surface area contributed by atoms with Crippen LogP contribution in [0.2, 0.25) is 5.02 Å². The molecule has 6 heteroatoms. The zero-order valence-electron chi connectivity index (χ0n) is 10.6. The first kappa shape index (κ1) is 14.9. The Morgan fingerprint density at radius 1 is 1.58 bits per heavy atom. The summed E-state index contributed by atoms with van der Waals surface area (Å²) in [5.74, 6) is -0.139. The molecular weight excluding hydrogens is 268 g/mol. The van der Waals surface area contributed by atoms with Crippen molar-refractivity contribution in [2.24, 2.45) is 0 Å². The number of nitriles is 1. The highest BCUT2D eigenvalue weighted by Gasteiger charge is 2.10. The molecule has 5 nitrogen and oxygen atoms in total. The Morgan fingerprint density at radius 3 is 2.89 bits per heavy atom. The van der Waals surface area contributed by atoms with E-state index in [-0.39, 0.29) is 12.2 Å². The van der Waals surface area contributed by atoms with Gasteiger partial charge in [-0.1, -0.05) is 11.6 Å². The molecule has 1 rings (SSSR count). The lowest BCUT2D eigenvalue weighted by Crippen LogP contribution is -2.08. The van der Waals surface area contributed by atoms with Crippen LogP contribution in [0, 0.1) is 11.3 Å². The number of benzene rings is 1. The van der Waals surface area contributed by atoms with Crippen molar-refractivity contribution in [2.75, 3.05) is 19.0 Å². The average Bonchev–Trinajstić information content (AvgIpc) is 2.40. The third-order valence-corrected chi connectivity index (χ3v) is 2.38. The minimum Gasteiger partial charge on any atom is -0.495 e. The highest BCUT2D eigenvalue weighted by Crippen LogP contribution is 2.27. The smallest absolute Gasteiger partial charge is 0.350 e. The zero-order valence-corrected chi connectivity index (χ0v) is 11.3. The molecule has 1 N–H and O–H groups in total. The molecule has 19 heavy (non-hydrogen) atoms. The fourth-order valence-electron chi connectivity index (χ4n) is 1.29. The monoisotopic (exact) mass is 280 g/mol. The molecule has 0 atom stereocenters. The number of rotatable bonds is 5. The van der Waals surface area contributed by atoms with Crippen molar-refractivity contribution in [1.82, 2.24) is 0 Å². The Labute approximate surface area is 116 Å². The first-order valence-corrected chi connectivity index (χ1v) is 5.87. The van der Waals surface area contributed by atoms with E-state index in [4.69, 9.17) is 26.3 Å². The molecule has 0 fully saturated rings. The lowest BCUT2D eigenvalue weighted by molar-refractivity contribution is -0.138. The highest BCUT2D eigenvalue weighted by molar-refractivity contribution is 6.30. The number of nitrogens with one attached hydrogen (secondary N) is 1. The number of halogens is 1. The van der Waals surface area contributed by atoms with Crippen molar-refractivity contribution in [1.29, 1.82) is 5.26 Å². The van der Waals surface area contributed by atoms with Crippen molar-refractivity contribution in [3.05, 3.63) is 35.0 Å². The van der Waals surface area contributed by atoms with E-state index in [0.29, 0.717) is 16.5 Å². The summed E-state index contributed by atoms with van der Waals surface area (Å²) >= 11 is 5.86. The van der Waals surface area contributed by atoms with Crippen LogP contribution in [-0.2, 0) is 9.53 Å². The summed E-state index contributed by atoms with van der Waals surface area (Å²) in [5, 5.41) is 12.2. The van der Waals surface area contributed by atoms with Crippen LogP contribution in [0.5, 0.6) is 5.75 Å². The van der Waals surface area contributed by atoms with E-state index >= 15 is 0 Å². The van der Waals surface area contributed by atoms with Gasteiger partial charge in [0, 0.05) is 11.2 Å². The van der Waals surface area contributed by atoms with Gasteiger partial charge in [0.1, 0.15) is 11.8 Å².